The number of aromatic nitrogens is 1. The average Bonchev–Trinajstić information content (AvgIpc) is 2.82. The third-order valence-corrected chi connectivity index (χ3v) is 5.23. The Morgan fingerprint density at radius 3 is 2.40 bits per heavy atom. The van der Waals surface area contributed by atoms with Crippen molar-refractivity contribution in [2.75, 3.05) is 26.4 Å². The molecule has 20 heavy (non-hydrogen) atoms. The minimum absolute atomic E-state index is 0.0182. The summed E-state index contributed by atoms with van der Waals surface area (Å²) in [7, 11) is 0.509. The Morgan fingerprint density at radius 2 is 1.95 bits per heavy atom. The highest BCUT2D eigenvalue weighted by Crippen LogP contribution is 2.19. The van der Waals surface area contributed by atoms with Gasteiger partial charge in [0, 0.05) is 39.4 Å². The molecule has 6 nitrogen and oxygen atoms in total. The second-order valence-corrected chi connectivity index (χ2v) is 7.30. The summed E-state index contributed by atoms with van der Waals surface area (Å²) < 4.78 is 26.2. The number of amides is 1. The Balaban J connectivity index is 2.00. The lowest BCUT2D eigenvalue weighted by Crippen LogP contribution is -2.47. The maximum Gasteiger partial charge on any atom is 0.270 e. The van der Waals surface area contributed by atoms with E-state index in [0.29, 0.717) is 31.6 Å². The molecule has 2 heterocycles. The predicted molar refractivity (Wildman–Crippen MR) is 76.9 cm³/mol. The van der Waals surface area contributed by atoms with Gasteiger partial charge in [-0.3, -0.25) is 4.79 Å². The van der Waals surface area contributed by atoms with Crippen LogP contribution >= 0.6 is 0 Å². The van der Waals surface area contributed by atoms with Crippen LogP contribution in [0.15, 0.2) is 18.3 Å². The van der Waals surface area contributed by atoms with Gasteiger partial charge in [-0.1, -0.05) is 0 Å². The number of aryl methyl sites for hydroxylation is 1. The van der Waals surface area contributed by atoms with E-state index in [4.69, 9.17) is 0 Å². The third-order valence-electron chi connectivity index (χ3n) is 3.92. The van der Waals surface area contributed by atoms with Crippen molar-refractivity contribution in [3.05, 3.63) is 24.0 Å². The molecule has 0 atom stereocenters. The van der Waals surface area contributed by atoms with Crippen LogP contribution < -0.4 is 0 Å². The molecule has 0 aromatic carbocycles. The van der Waals surface area contributed by atoms with Crippen molar-refractivity contribution in [2.45, 2.75) is 18.9 Å². The maximum atomic E-state index is 12.4. The average molecular weight is 299 g/mol. The zero-order chi connectivity index (χ0) is 14.9. The van der Waals surface area contributed by atoms with Crippen molar-refractivity contribution in [2.24, 2.45) is 7.05 Å². The molecular formula is C13H21N3O3S. The highest BCUT2D eigenvalue weighted by Gasteiger charge is 2.29. The Hall–Kier alpha value is -1.34. The highest BCUT2D eigenvalue weighted by atomic mass is 32.2. The molecule has 1 saturated heterocycles. The van der Waals surface area contributed by atoms with Crippen molar-refractivity contribution < 1.29 is 13.2 Å². The molecule has 0 saturated carbocycles. The quantitative estimate of drug-likeness (QED) is 0.817. The second kappa shape index (κ2) is 5.57. The first kappa shape index (κ1) is 15.1. The molecule has 0 aliphatic carbocycles. The zero-order valence-corrected chi connectivity index (χ0v) is 12.9. The number of hydrogen-bond donors (Lipinski definition) is 0. The molecule has 0 bridgehead atoms. The summed E-state index contributed by atoms with van der Waals surface area (Å²) in [5.41, 5.74) is 0.651. The molecule has 0 unspecified atom stereocenters. The van der Waals surface area contributed by atoms with Gasteiger partial charge < -0.3 is 9.47 Å². The normalized spacial score (nSPS) is 18.1. The fourth-order valence-corrected chi connectivity index (χ4v) is 3.47. The molecule has 1 fully saturated rings. The Morgan fingerprint density at radius 1 is 1.35 bits per heavy atom. The molecule has 1 aromatic rings. The fourth-order valence-electron chi connectivity index (χ4n) is 2.59. The van der Waals surface area contributed by atoms with Crippen molar-refractivity contribution in [1.29, 1.82) is 0 Å². The van der Waals surface area contributed by atoms with E-state index < -0.39 is 10.0 Å². The van der Waals surface area contributed by atoms with Crippen molar-refractivity contribution in [3.8, 4) is 0 Å². The van der Waals surface area contributed by atoms with Gasteiger partial charge in [-0.05, 0) is 25.0 Å². The molecule has 1 amide bonds. The SMILES string of the molecule is CN(C(=O)c1cccn1C)C1CCN(S(C)(=O)=O)CC1. The van der Waals surface area contributed by atoms with E-state index in [1.807, 2.05) is 19.3 Å². The van der Waals surface area contributed by atoms with Crippen LogP contribution in [0.3, 0.4) is 0 Å². The zero-order valence-electron chi connectivity index (χ0n) is 12.1. The van der Waals surface area contributed by atoms with Crippen LogP contribution in [0.2, 0.25) is 0 Å². The summed E-state index contributed by atoms with van der Waals surface area (Å²) in [6.07, 6.45) is 4.43. The summed E-state index contributed by atoms with van der Waals surface area (Å²) in [6, 6.07) is 3.73. The number of piperidine rings is 1. The lowest BCUT2D eigenvalue weighted by Gasteiger charge is -2.35. The largest absolute Gasteiger partial charge is 0.347 e. The Labute approximate surface area is 120 Å². The summed E-state index contributed by atoms with van der Waals surface area (Å²) in [6.45, 7) is 0.961. The van der Waals surface area contributed by atoms with Crippen molar-refractivity contribution >= 4 is 15.9 Å². The standard InChI is InChI=1S/C13H21N3O3S/c1-14-8-4-5-12(14)13(17)15(2)11-6-9-16(10-7-11)20(3,18)19/h4-5,8,11H,6-7,9-10H2,1-3H3. The van der Waals surface area contributed by atoms with Crippen molar-refractivity contribution in [3.63, 3.8) is 0 Å². The predicted octanol–water partition coefficient (Wildman–Crippen LogP) is 0.521. The lowest BCUT2D eigenvalue weighted by atomic mass is 10.1. The molecule has 7 heteroatoms. The summed E-state index contributed by atoms with van der Waals surface area (Å²) in [5.74, 6) is -0.0182. The third kappa shape index (κ3) is 3.04. The van der Waals surface area contributed by atoms with Gasteiger partial charge in [-0.15, -0.1) is 0 Å². The first-order valence-corrected chi connectivity index (χ1v) is 8.49. The minimum atomic E-state index is -3.12. The minimum Gasteiger partial charge on any atom is -0.347 e. The van der Waals surface area contributed by atoms with E-state index in [1.54, 1.807) is 22.6 Å². The van der Waals surface area contributed by atoms with Crippen LogP contribution in [-0.4, -0.2) is 60.5 Å². The van der Waals surface area contributed by atoms with E-state index in [2.05, 4.69) is 0 Å². The van der Waals surface area contributed by atoms with Gasteiger partial charge in [0.05, 0.1) is 6.26 Å². The van der Waals surface area contributed by atoms with E-state index in [-0.39, 0.29) is 11.9 Å². The van der Waals surface area contributed by atoms with Crippen LogP contribution in [-0.2, 0) is 17.1 Å². The smallest absolute Gasteiger partial charge is 0.270 e. The molecular weight excluding hydrogens is 278 g/mol. The van der Waals surface area contributed by atoms with Gasteiger partial charge in [0.2, 0.25) is 10.0 Å². The summed E-state index contributed by atoms with van der Waals surface area (Å²) >= 11 is 0. The second-order valence-electron chi connectivity index (χ2n) is 5.31. The van der Waals surface area contributed by atoms with Gasteiger partial charge in [0.15, 0.2) is 0 Å². The van der Waals surface area contributed by atoms with Crippen LogP contribution in [0, 0.1) is 0 Å². The number of rotatable bonds is 3. The molecule has 1 aliphatic heterocycles. The number of nitrogens with zero attached hydrogens (tertiary/aromatic N) is 3. The van der Waals surface area contributed by atoms with E-state index in [9.17, 15) is 13.2 Å². The molecule has 0 N–H and O–H groups in total. The summed E-state index contributed by atoms with van der Waals surface area (Å²) in [5, 5.41) is 0. The number of sulfonamides is 1. The molecule has 0 spiro atoms. The Kier molecular flexibility index (Phi) is 4.19. The van der Waals surface area contributed by atoms with Crippen molar-refractivity contribution in [1.82, 2.24) is 13.8 Å². The van der Waals surface area contributed by atoms with E-state index >= 15 is 0 Å². The molecule has 0 radical (unpaired) electrons. The Bertz CT molecular complexity index is 586. The van der Waals surface area contributed by atoms with Gasteiger partial charge in [-0.25, -0.2) is 12.7 Å². The lowest BCUT2D eigenvalue weighted by molar-refractivity contribution is 0.0672. The summed E-state index contributed by atoms with van der Waals surface area (Å²) in [4.78, 5) is 14.1. The molecule has 2 rings (SSSR count). The highest BCUT2D eigenvalue weighted by molar-refractivity contribution is 7.88. The van der Waals surface area contributed by atoms with E-state index in [1.165, 1.54) is 10.6 Å². The van der Waals surface area contributed by atoms with Gasteiger partial charge >= 0.3 is 0 Å². The molecule has 1 aromatic heterocycles. The van der Waals surface area contributed by atoms with Crippen LogP contribution in [0.4, 0.5) is 0 Å². The number of carbonyl (C=O) groups is 1. The maximum absolute atomic E-state index is 12.4. The first-order chi connectivity index (χ1) is 9.30. The monoisotopic (exact) mass is 299 g/mol. The van der Waals surface area contributed by atoms with Crippen LogP contribution in [0.5, 0.6) is 0 Å². The van der Waals surface area contributed by atoms with Crippen LogP contribution in [0.1, 0.15) is 23.3 Å². The topological polar surface area (TPSA) is 62.6 Å². The number of carbonyl (C=O) groups excluding carboxylic acids is 1. The number of hydrogen-bond acceptors (Lipinski definition) is 3. The van der Waals surface area contributed by atoms with Gasteiger partial charge in [0.1, 0.15) is 5.69 Å². The van der Waals surface area contributed by atoms with Crippen LogP contribution in [0.25, 0.3) is 0 Å². The fraction of sp³-hybridized carbons (Fsp3) is 0.615. The van der Waals surface area contributed by atoms with Gasteiger partial charge in [0.25, 0.3) is 5.91 Å². The first-order valence-electron chi connectivity index (χ1n) is 6.64. The van der Waals surface area contributed by atoms with Gasteiger partial charge in [-0.2, -0.15) is 0 Å². The molecule has 112 valence electrons. The molecule has 1 aliphatic rings. The van der Waals surface area contributed by atoms with E-state index in [0.717, 1.165) is 0 Å².